The molecule has 0 amide bonds. The molecule has 2 aromatic heterocycles. The summed E-state index contributed by atoms with van der Waals surface area (Å²) in [5, 5.41) is 9.57. The quantitative estimate of drug-likeness (QED) is 0.751. The molecule has 0 radical (unpaired) electrons. The van der Waals surface area contributed by atoms with Crippen molar-refractivity contribution in [1.29, 1.82) is 0 Å². The Balaban J connectivity index is 2.05. The van der Waals surface area contributed by atoms with Crippen molar-refractivity contribution >= 4 is 17.4 Å². The number of hydrogen-bond acceptors (Lipinski definition) is 5. The van der Waals surface area contributed by atoms with E-state index >= 15 is 0 Å². The highest BCUT2D eigenvalue weighted by molar-refractivity contribution is 7.13. The minimum absolute atomic E-state index is 0.0847. The topological polar surface area (TPSA) is 64.9 Å². The summed E-state index contributed by atoms with van der Waals surface area (Å²) < 4.78 is 5.20. The smallest absolute Gasteiger partial charge is 0.313 e. The molecule has 84 valence electrons. The molecule has 0 fully saturated rings. The van der Waals surface area contributed by atoms with Crippen molar-refractivity contribution in [1.82, 2.24) is 10.2 Å². The Morgan fingerprint density at radius 1 is 1.06 bits per heavy atom. The van der Waals surface area contributed by atoms with Crippen LogP contribution in [0.2, 0.25) is 0 Å². The second-order valence-electron chi connectivity index (χ2n) is 3.50. The third-order valence-corrected chi connectivity index (χ3v) is 3.27. The van der Waals surface area contributed by atoms with Gasteiger partial charge < -0.3 is 10.2 Å². The SMILES string of the molecule is Nc1nnc(-c2cccc(-c3cccs3)c2)o1. The van der Waals surface area contributed by atoms with Gasteiger partial charge in [-0.3, -0.25) is 0 Å². The highest BCUT2D eigenvalue weighted by Crippen LogP contribution is 2.28. The molecule has 17 heavy (non-hydrogen) atoms. The first-order valence-corrected chi connectivity index (χ1v) is 5.94. The van der Waals surface area contributed by atoms with Crippen LogP contribution in [0, 0.1) is 0 Å². The number of rotatable bonds is 2. The molecule has 3 rings (SSSR count). The van der Waals surface area contributed by atoms with Gasteiger partial charge in [0.25, 0.3) is 0 Å². The molecule has 5 heteroatoms. The molecule has 3 aromatic rings. The van der Waals surface area contributed by atoms with E-state index in [1.54, 1.807) is 11.3 Å². The first-order chi connectivity index (χ1) is 8.33. The van der Waals surface area contributed by atoms with Gasteiger partial charge in [-0.2, -0.15) is 0 Å². The van der Waals surface area contributed by atoms with E-state index in [-0.39, 0.29) is 6.01 Å². The average molecular weight is 243 g/mol. The summed E-state index contributed by atoms with van der Waals surface area (Å²) in [6.45, 7) is 0. The van der Waals surface area contributed by atoms with E-state index in [2.05, 4.69) is 22.3 Å². The van der Waals surface area contributed by atoms with Gasteiger partial charge in [-0.15, -0.1) is 16.4 Å². The van der Waals surface area contributed by atoms with E-state index in [9.17, 15) is 0 Å². The standard InChI is InChI=1S/C12H9N3OS/c13-12-15-14-11(16-12)9-4-1-3-8(7-9)10-5-2-6-17-10/h1-7H,(H2,13,15). The molecule has 0 atom stereocenters. The summed E-state index contributed by atoms with van der Waals surface area (Å²) in [4.78, 5) is 1.21. The van der Waals surface area contributed by atoms with Crippen molar-refractivity contribution in [3.8, 4) is 21.9 Å². The minimum Gasteiger partial charge on any atom is -0.404 e. The van der Waals surface area contributed by atoms with Gasteiger partial charge in [0.1, 0.15) is 0 Å². The average Bonchev–Trinajstić information content (AvgIpc) is 3.00. The number of nitrogens with zero attached hydrogens (tertiary/aromatic N) is 2. The molecule has 4 nitrogen and oxygen atoms in total. The molecule has 0 spiro atoms. The molecule has 2 N–H and O–H groups in total. The van der Waals surface area contributed by atoms with Crippen molar-refractivity contribution in [2.45, 2.75) is 0 Å². The lowest BCUT2D eigenvalue weighted by atomic mass is 10.1. The molecule has 2 heterocycles. The van der Waals surface area contributed by atoms with E-state index < -0.39 is 0 Å². The Morgan fingerprint density at radius 2 is 1.94 bits per heavy atom. The van der Waals surface area contributed by atoms with Crippen LogP contribution in [0.3, 0.4) is 0 Å². The maximum absolute atomic E-state index is 5.41. The van der Waals surface area contributed by atoms with Gasteiger partial charge in [-0.05, 0) is 29.1 Å². The van der Waals surface area contributed by atoms with Crippen molar-refractivity contribution in [3.05, 3.63) is 41.8 Å². The predicted molar refractivity (Wildman–Crippen MR) is 67.5 cm³/mol. The van der Waals surface area contributed by atoms with Crippen molar-refractivity contribution in [2.24, 2.45) is 0 Å². The first-order valence-electron chi connectivity index (χ1n) is 5.06. The lowest BCUT2D eigenvalue weighted by molar-refractivity contribution is 0.590. The number of hydrogen-bond donors (Lipinski definition) is 1. The number of aromatic nitrogens is 2. The normalized spacial score (nSPS) is 10.6. The number of anilines is 1. The molecule has 1 aromatic carbocycles. The second kappa shape index (κ2) is 4.03. The van der Waals surface area contributed by atoms with Crippen molar-refractivity contribution in [2.75, 3.05) is 5.73 Å². The molecule has 0 unspecified atom stereocenters. The molecule has 0 bridgehead atoms. The van der Waals surface area contributed by atoms with E-state index in [0.717, 1.165) is 11.1 Å². The van der Waals surface area contributed by atoms with E-state index in [1.807, 2.05) is 29.6 Å². The maximum Gasteiger partial charge on any atom is 0.313 e. The number of nitrogens with two attached hydrogens (primary N) is 1. The summed E-state index contributed by atoms with van der Waals surface area (Å²) >= 11 is 1.69. The van der Waals surface area contributed by atoms with Crippen LogP contribution < -0.4 is 5.73 Å². The van der Waals surface area contributed by atoms with Gasteiger partial charge in [-0.25, -0.2) is 0 Å². The summed E-state index contributed by atoms with van der Waals surface area (Å²) in [6, 6.07) is 12.1. The van der Waals surface area contributed by atoms with Gasteiger partial charge in [0.15, 0.2) is 0 Å². The highest BCUT2D eigenvalue weighted by atomic mass is 32.1. The minimum atomic E-state index is 0.0847. The van der Waals surface area contributed by atoms with Crippen LogP contribution >= 0.6 is 11.3 Å². The van der Waals surface area contributed by atoms with Gasteiger partial charge >= 0.3 is 6.01 Å². The number of thiophene rings is 1. The van der Waals surface area contributed by atoms with Gasteiger partial charge in [0, 0.05) is 10.4 Å². The van der Waals surface area contributed by atoms with Crippen LogP contribution in [0.4, 0.5) is 6.01 Å². The van der Waals surface area contributed by atoms with Gasteiger partial charge in [0.2, 0.25) is 5.89 Å². The Hall–Kier alpha value is -2.14. The van der Waals surface area contributed by atoms with Crippen molar-refractivity contribution in [3.63, 3.8) is 0 Å². The van der Waals surface area contributed by atoms with Gasteiger partial charge in [0.05, 0.1) is 0 Å². The second-order valence-corrected chi connectivity index (χ2v) is 4.45. The van der Waals surface area contributed by atoms with Crippen LogP contribution in [-0.4, -0.2) is 10.2 Å². The number of benzene rings is 1. The molecular weight excluding hydrogens is 234 g/mol. The predicted octanol–water partition coefficient (Wildman–Crippen LogP) is 3.05. The van der Waals surface area contributed by atoms with E-state index in [0.29, 0.717) is 5.89 Å². The zero-order valence-corrected chi connectivity index (χ0v) is 9.65. The van der Waals surface area contributed by atoms with Crippen LogP contribution in [0.1, 0.15) is 0 Å². The fourth-order valence-electron chi connectivity index (χ4n) is 1.60. The zero-order valence-electron chi connectivity index (χ0n) is 8.83. The van der Waals surface area contributed by atoms with Gasteiger partial charge in [-0.1, -0.05) is 23.3 Å². The van der Waals surface area contributed by atoms with Crippen LogP contribution in [0.15, 0.2) is 46.2 Å². The molecular formula is C12H9N3OS. The molecule has 0 saturated carbocycles. The van der Waals surface area contributed by atoms with E-state index in [4.69, 9.17) is 10.2 Å². The Morgan fingerprint density at radius 3 is 2.65 bits per heavy atom. The van der Waals surface area contributed by atoms with E-state index in [1.165, 1.54) is 4.88 Å². The Labute approximate surface area is 102 Å². The zero-order chi connectivity index (χ0) is 11.7. The monoisotopic (exact) mass is 243 g/mol. The number of nitrogen functional groups attached to an aromatic ring is 1. The molecule has 0 aliphatic carbocycles. The molecule has 0 aliphatic rings. The summed E-state index contributed by atoms with van der Waals surface area (Å²) in [6.07, 6.45) is 0. The summed E-state index contributed by atoms with van der Waals surface area (Å²) in [5.41, 5.74) is 7.42. The third-order valence-electron chi connectivity index (χ3n) is 2.36. The third kappa shape index (κ3) is 1.92. The van der Waals surface area contributed by atoms with Crippen LogP contribution in [-0.2, 0) is 0 Å². The van der Waals surface area contributed by atoms with Crippen LogP contribution in [0.25, 0.3) is 21.9 Å². The first kappa shape index (κ1) is 10.0. The maximum atomic E-state index is 5.41. The highest BCUT2D eigenvalue weighted by Gasteiger charge is 2.07. The Kier molecular flexibility index (Phi) is 2.38. The summed E-state index contributed by atoms with van der Waals surface area (Å²) in [7, 11) is 0. The lowest BCUT2D eigenvalue weighted by Gasteiger charge is -1.99. The fourth-order valence-corrected chi connectivity index (χ4v) is 2.32. The fraction of sp³-hybridized carbons (Fsp3) is 0. The summed E-state index contributed by atoms with van der Waals surface area (Å²) in [5.74, 6) is 0.445. The van der Waals surface area contributed by atoms with Crippen molar-refractivity contribution < 1.29 is 4.42 Å². The molecule has 0 aliphatic heterocycles. The molecule has 0 saturated heterocycles. The largest absolute Gasteiger partial charge is 0.404 e. The van der Waals surface area contributed by atoms with Crippen LogP contribution in [0.5, 0.6) is 0 Å². The Bertz CT molecular complexity index is 631. The lowest BCUT2D eigenvalue weighted by Crippen LogP contribution is -1.81.